The number of hydrogen-bond donors (Lipinski definition) is 13. The Kier molecular flexibility index (Phi) is 24.6. The third-order valence-electron chi connectivity index (χ3n) is 7.55. The molecule has 4 aromatic rings. The van der Waals surface area contributed by atoms with E-state index in [2.05, 4.69) is 10.0 Å². The molecule has 332 valence electrons. The van der Waals surface area contributed by atoms with E-state index in [0.29, 0.717) is 16.7 Å². The van der Waals surface area contributed by atoms with Gasteiger partial charge in [-0.05, 0) is 95.9 Å². The van der Waals surface area contributed by atoms with Crippen LogP contribution in [0.15, 0.2) is 84.0 Å². The number of benzene rings is 4. The maximum atomic E-state index is 10.5. The molecule has 23 heteroatoms. The van der Waals surface area contributed by atoms with Crippen LogP contribution >= 0.6 is 0 Å². The molecule has 61 heavy (non-hydrogen) atoms. The molecule has 4 aromatic carbocycles. The highest BCUT2D eigenvalue weighted by atomic mass is 16.6. The van der Waals surface area contributed by atoms with Crippen molar-refractivity contribution in [1.82, 2.24) is 0 Å². The molecule has 0 amide bonds. The number of nitrogens with zero attached hydrogens (tertiary/aromatic N) is 4. The maximum absolute atomic E-state index is 10.5. The number of carboxylic acid groups (broad SMARTS) is 4. The Labute approximate surface area is 348 Å². The second kappa shape index (κ2) is 27.1. The predicted molar refractivity (Wildman–Crippen MR) is 223 cm³/mol. The third-order valence-corrected chi connectivity index (χ3v) is 7.55. The molecule has 0 radical (unpaired) electrons. The van der Waals surface area contributed by atoms with Crippen LogP contribution in [0, 0.1) is 10.1 Å². The number of nitrogens with two attached hydrogens (primary N) is 5. The highest BCUT2D eigenvalue weighted by molar-refractivity contribution is 5.75. The maximum Gasteiger partial charge on any atom is 0.320 e. The van der Waals surface area contributed by atoms with Gasteiger partial charge in [-0.1, -0.05) is 50.3 Å². The molecule has 0 aliphatic carbocycles. The number of aromatic hydroxyl groups is 4. The SMILES string of the molecule is C.C.N[C@@H](Cc1ccc(O)c([N+](=O)[O-])c1)C(=O)O.N[C@@H](Cc1ccc(O)cc1)C(=O)O.Nc1cc(C[C@H](N)C(=O)O)ccc1O.[N-]=[N+]=Nc1cc(C[C@H](N)C(=O)O)ccc1O. The first-order chi connectivity index (χ1) is 27.5. The zero-order chi connectivity index (χ0) is 45.0. The molecule has 23 nitrogen and oxygen atoms in total. The number of azide groups is 1. The van der Waals surface area contributed by atoms with Gasteiger partial charge in [0.05, 0.1) is 16.3 Å². The number of carboxylic acids is 4. The van der Waals surface area contributed by atoms with Crippen molar-refractivity contribution < 1.29 is 65.0 Å². The van der Waals surface area contributed by atoms with E-state index in [1.165, 1.54) is 48.5 Å². The average molecular weight is 858 g/mol. The number of rotatable bonds is 14. The van der Waals surface area contributed by atoms with E-state index in [4.69, 9.17) is 69.9 Å². The van der Waals surface area contributed by atoms with Gasteiger partial charge in [-0.3, -0.25) is 29.3 Å². The second-order valence-corrected chi connectivity index (χ2v) is 12.2. The third kappa shape index (κ3) is 20.5. The Balaban J connectivity index is 0. The highest BCUT2D eigenvalue weighted by Crippen LogP contribution is 2.28. The first kappa shape index (κ1) is 55.4. The monoisotopic (exact) mass is 857 g/mol. The van der Waals surface area contributed by atoms with Crippen LogP contribution in [-0.4, -0.2) is 93.8 Å². The van der Waals surface area contributed by atoms with Crippen molar-refractivity contribution in [2.75, 3.05) is 5.73 Å². The summed E-state index contributed by atoms with van der Waals surface area (Å²) in [6.07, 6.45) is 0.537. The predicted octanol–water partition coefficient (Wildman–Crippen LogP) is 3.09. The van der Waals surface area contributed by atoms with Crippen molar-refractivity contribution in [2.24, 2.45) is 28.0 Å². The summed E-state index contributed by atoms with van der Waals surface area (Å²) in [4.78, 5) is 54.1. The second-order valence-electron chi connectivity index (χ2n) is 12.2. The Bertz CT molecular complexity index is 2060. The van der Waals surface area contributed by atoms with Crippen LogP contribution in [-0.2, 0) is 44.9 Å². The van der Waals surface area contributed by atoms with Gasteiger partial charge in [0, 0.05) is 11.0 Å². The molecular weight excluding hydrogens is 806 g/mol. The molecular formula is C38H51N9O14. The smallest absolute Gasteiger partial charge is 0.320 e. The van der Waals surface area contributed by atoms with Crippen molar-refractivity contribution in [1.29, 1.82) is 0 Å². The number of nitro benzene ring substituents is 1. The molecule has 0 spiro atoms. The molecule has 0 aliphatic rings. The largest absolute Gasteiger partial charge is 0.508 e. The molecule has 0 unspecified atom stereocenters. The fourth-order valence-corrected chi connectivity index (χ4v) is 4.39. The van der Waals surface area contributed by atoms with Crippen molar-refractivity contribution in [3.63, 3.8) is 0 Å². The van der Waals surface area contributed by atoms with Crippen LogP contribution in [0.25, 0.3) is 10.4 Å². The van der Waals surface area contributed by atoms with Crippen LogP contribution in [0.3, 0.4) is 0 Å². The van der Waals surface area contributed by atoms with Gasteiger partial charge >= 0.3 is 29.6 Å². The van der Waals surface area contributed by atoms with E-state index in [1.54, 1.807) is 18.2 Å². The summed E-state index contributed by atoms with van der Waals surface area (Å²) in [6, 6.07) is 14.7. The van der Waals surface area contributed by atoms with Gasteiger partial charge in [-0.2, -0.15) is 0 Å². The van der Waals surface area contributed by atoms with Gasteiger partial charge in [-0.15, -0.1) is 0 Å². The lowest BCUT2D eigenvalue weighted by Gasteiger charge is -2.07. The van der Waals surface area contributed by atoms with Gasteiger partial charge in [0.15, 0.2) is 5.75 Å². The molecule has 0 bridgehead atoms. The number of hydrogen-bond acceptors (Lipinski definition) is 16. The van der Waals surface area contributed by atoms with Crippen LogP contribution in [0.2, 0.25) is 0 Å². The Morgan fingerprint density at radius 1 is 0.590 bits per heavy atom. The summed E-state index contributed by atoms with van der Waals surface area (Å²) in [6.45, 7) is 0. The summed E-state index contributed by atoms with van der Waals surface area (Å²) >= 11 is 0. The molecule has 0 saturated heterocycles. The molecule has 4 rings (SSSR count). The van der Waals surface area contributed by atoms with Crippen LogP contribution in [0.5, 0.6) is 23.0 Å². The molecule has 0 heterocycles. The van der Waals surface area contributed by atoms with Gasteiger partial charge in [0.1, 0.15) is 41.4 Å². The van der Waals surface area contributed by atoms with Crippen molar-refractivity contribution in [2.45, 2.75) is 64.7 Å². The summed E-state index contributed by atoms with van der Waals surface area (Å²) in [5.41, 5.74) is 37.2. The van der Waals surface area contributed by atoms with Crippen LogP contribution in [0.1, 0.15) is 37.1 Å². The van der Waals surface area contributed by atoms with Crippen LogP contribution < -0.4 is 28.7 Å². The Hall–Kier alpha value is -7.69. The number of phenols is 4. The summed E-state index contributed by atoms with van der Waals surface area (Å²) < 4.78 is 0. The van der Waals surface area contributed by atoms with Crippen molar-refractivity contribution in [3.05, 3.63) is 122 Å². The lowest BCUT2D eigenvalue weighted by Crippen LogP contribution is -2.32. The first-order valence-electron chi connectivity index (χ1n) is 16.7. The standard InChI is InChI=1S/C9H10N4O3.C9H10N2O5.C9H12N2O3.C9H11NO3.2CH4/c10-6(9(15)16)3-5-1-2-8(14)7(4-5)12-13-11;10-6(9(13)14)3-5-1-2-8(12)7(4-5)11(15)16;10-6-3-5(1-2-8(6)12)4-7(11)9(13)14;10-8(9(12)13)5-6-1-3-7(11)4-2-6;;/h1-2,4,6,14H,3,10H2,(H,15,16);1-2,4,6,12H,3,10H2,(H,13,14);1-3,7,12H,4,10-11H2,(H,13,14);1-4,8,11H,5,10H2,(H,12,13);2*1H4/t2*6-;7-;8-;;/m0000../s1. The Morgan fingerprint density at radius 2 is 0.934 bits per heavy atom. The lowest BCUT2D eigenvalue weighted by atomic mass is 10.1. The minimum Gasteiger partial charge on any atom is -0.508 e. The van der Waals surface area contributed by atoms with Gasteiger partial charge in [0.2, 0.25) is 0 Å². The number of nitro groups is 1. The lowest BCUT2D eigenvalue weighted by molar-refractivity contribution is -0.385. The van der Waals surface area contributed by atoms with E-state index < -0.39 is 64.4 Å². The van der Waals surface area contributed by atoms with Crippen LogP contribution in [0.4, 0.5) is 17.1 Å². The van der Waals surface area contributed by atoms with Gasteiger partial charge < -0.3 is 69.5 Å². The average Bonchev–Trinajstić information content (AvgIpc) is 3.16. The van der Waals surface area contributed by atoms with Crippen molar-refractivity contribution >= 4 is 40.9 Å². The molecule has 4 atom stereocenters. The number of anilines is 1. The zero-order valence-electron chi connectivity index (χ0n) is 30.8. The first-order valence-corrected chi connectivity index (χ1v) is 16.7. The van der Waals surface area contributed by atoms with Crippen molar-refractivity contribution in [3.8, 4) is 23.0 Å². The summed E-state index contributed by atoms with van der Waals surface area (Å²) in [7, 11) is 0. The minimum absolute atomic E-state index is 0. The fourth-order valence-electron chi connectivity index (χ4n) is 4.39. The van der Waals surface area contributed by atoms with Gasteiger partial charge in [0.25, 0.3) is 0 Å². The fraction of sp³-hybridized carbons (Fsp3) is 0.263. The number of nitrogen functional groups attached to an aromatic ring is 1. The highest BCUT2D eigenvalue weighted by Gasteiger charge is 2.18. The van der Waals surface area contributed by atoms with Gasteiger partial charge in [-0.25, -0.2) is 0 Å². The molecule has 0 aliphatic heterocycles. The number of phenolic OH excluding ortho intramolecular Hbond substituents is 4. The number of carbonyl (C=O) groups is 4. The molecule has 0 fully saturated rings. The molecule has 0 saturated carbocycles. The topological polar surface area (TPSA) is 452 Å². The van der Waals surface area contributed by atoms with E-state index in [-0.39, 0.29) is 69.2 Å². The zero-order valence-corrected chi connectivity index (χ0v) is 30.8. The summed E-state index contributed by atoms with van der Waals surface area (Å²) in [5, 5.41) is 84.5. The van der Waals surface area contributed by atoms with E-state index in [0.717, 1.165) is 17.7 Å². The normalized spacial score (nSPS) is 11.7. The van der Waals surface area contributed by atoms with E-state index in [9.17, 15) is 34.4 Å². The molecule has 18 N–H and O–H groups in total. The number of aliphatic carboxylic acids is 4. The van der Waals surface area contributed by atoms with E-state index in [1.807, 2.05) is 0 Å². The molecule has 0 aromatic heterocycles. The Morgan fingerprint density at radius 3 is 1.31 bits per heavy atom. The van der Waals surface area contributed by atoms with E-state index >= 15 is 0 Å². The quantitative estimate of drug-likeness (QED) is 0.0165. The summed E-state index contributed by atoms with van der Waals surface area (Å²) in [5.74, 6) is -4.85. The minimum atomic E-state index is -1.18.